The molecule has 2 amide bonds. The summed E-state index contributed by atoms with van der Waals surface area (Å²) in [5, 5.41) is 9.49. The number of carbonyl (C=O) groups is 2. The summed E-state index contributed by atoms with van der Waals surface area (Å²) < 4.78 is 5.25. The monoisotopic (exact) mass is 292 g/mol. The van der Waals surface area contributed by atoms with E-state index in [1.807, 2.05) is 6.07 Å². The first-order valence-corrected chi connectivity index (χ1v) is 7.40. The fraction of sp³-hybridized carbons (Fsp3) is 0.600. The molecule has 1 aromatic rings. The quantitative estimate of drug-likeness (QED) is 0.886. The lowest BCUT2D eigenvalue weighted by Gasteiger charge is -2.31. The van der Waals surface area contributed by atoms with Crippen molar-refractivity contribution in [2.45, 2.75) is 31.9 Å². The van der Waals surface area contributed by atoms with Gasteiger partial charge in [-0.05, 0) is 25.0 Å². The molecule has 1 atom stereocenters. The SMILES string of the molecule is O=C1CC(C(=O)N2CCC(O)CC2)CN1Cc1ccco1. The first-order valence-electron chi connectivity index (χ1n) is 7.40. The molecule has 2 fully saturated rings. The van der Waals surface area contributed by atoms with Gasteiger partial charge in [0, 0.05) is 26.1 Å². The summed E-state index contributed by atoms with van der Waals surface area (Å²) in [5.41, 5.74) is 0. The molecule has 1 unspecified atom stereocenters. The van der Waals surface area contributed by atoms with Gasteiger partial charge in [-0.15, -0.1) is 0 Å². The average molecular weight is 292 g/mol. The topological polar surface area (TPSA) is 74.0 Å². The molecule has 0 spiro atoms. The largest absolute Gasteiger partial charge is 0.467 e. The highest BCUT2D eigenvalue weighted by Gasteiger charge is 2.37. The lowest BCUT2D eigenvalue weighted by molar-refractivity contribution is -0.137. The number of hydrogen-bond acceptors (Lipinski definition) is 4. The Hall–Kier alpha value is -1.82. The standard InChI is InChI=1S/C15H20N2O4/c18-12-3-5-16(6-4-12)15(20)11-8-14(19)17(9-11)10-13-2-1-7-21-13/h1-2,7,11-12,18H,3-6,8-10H2. The predicted molar refractivity (Wildman–Crippen MR) is 74.1 cm³/mol. The van der Waals surface area contributed by atoms with E-state index < -0.39 is 0 Å². The van der Waals surface area contributed by atoms with Crippen molar-refractivity contribution >= 4 is 11.8 Å². The smallest absolute Gasteiger partial charge is 0.227 e. The summed E-state index contributed by atoms with van der Waals surface area (Å²) in [7, 11) is 0. The summed E-state index contributed by atoms with van der Waals surface area (Å²) in [6, 6.07) is 3.62. The molecular formula is C15H20N2O4. The molecule has 2 aliphatic rings. The second-order valence-electron chi connectivity index (χ2n) is 5.81. The number of furan rings is 1. The number of hydrogen-bond donors (Lipinski definition) is 1. The Morgan fingerprint density at radius 2 is 2.14 bits per heavy atom. The van der Waals surface area contributed by atoms with E-state index in [1.165, 1.54) is 0 Å². The Labute approximate surface area is 123 Å². The first-order chi connectivity index (χ1) is 10.1. The second-order valence-corrected chi connectivity index (χ2v) is 5.81. The number of likely N-dealkylation sites (tertiary alicyclic amines) is 2. The van der Waals surface area contributed by atoms with Crippen LogP contribution in [0.5, 0.6) is 0 Å². The third kappa shape index (κ3) is 3.10. The van der Waals surface area contributed by atoms with E-state index >= 15 is 0 Å². The van der Waals surface area contributed by atoms with E-state index in [0.717, 1.165) is 5.76 Å². The Kier molecular flexibility index (Phi) is 3.96. The summed E-state index contributed by atoms with van der Waals surface area (Å²) in [6.45, 7) is 2.05. The molecule has 6 nitrogen and oxygen atoms in total. The van der Waals surface area contributed by atoms with Gasteiger partial charge in [-0.25, -0.2) is 0 Å². The molecule has 2 saturated heterocycles. The fourth-order valence-corrected chi connectivity index (χ4v) is 3.03. The van der Waals surface area contributed by atoms with Crippen LogP contribution < -0.4 is 0 Å². The van der Waals surface area contributed by atoms with Gasteiger partial charge in [0.1, 0.15) is 5.76 Å². The van der Waals surface area contributed by atoms with Gasteiger partial charge < -0.3 is 19.3 Å². The van der Waals surface area contributed by atoms with Gasteiger partial charge >= 0.3 is 0 Å². The zero-order chi connectivity index (χ0) is 14.8. The van der Waals surface area contributed by atoms with Gasteiger partial charge in [-0.3, -0.25) is 9.59 Å². The maximum atomic E-state index is 12.4. The summed E-state index contributed by atoms with van der Waals surface area (Å²) in [5.74, 6) is 0.513. The van der Waals surface area contributed by atoms with Crippen LogP contribution in [0.3, 0.4) is 0 Å². The normalized spacial score (nSPS) is 23.9. The van der Waals surface area contributed by atoms with E-state index in [1.54, 1.807) is 22.1 Å². The van der Waals surface area contributed by atoms with Crippen molar-refractivity contribution in [2.75, 3.05) is 19.6 Å². The van der Waals surface area contributed by atoms with Crippen LogP contribution in [0.4, 0.5) is 0 Å². The highest BCUT2D eigenvalue weighted by molar-refractivity contribution is 5.89. The van der Waals surface area contributed by atoms with Crippen LogP contribution in [0.2, 0.25) is 0 Å². The first kappa shape index (κ1) is 14.1. The zero-order valence-electron chi connectivity index (χ0n) is 11.9. The maximum Gasteiger partial charge on any atom is 0.227 e. The summed E-state index contributed by atoms with van der Waals surface area (Å²) in [6.07, 6.45) is 2.82. The molecule has 0 bridgehead atoms. The highest BCUT2D eigenvalue weighted by atomic mass is 16.3. The second kappa shape index (κ2) is 5.89. The molecule has 3 rings (SSSR count). The van der Waals surface area contributed by atoms with Gasteiger partial charge in [-0.2, -0.15) is 0 Å². The number of amides is 2. The highest BCUT2D eigenvalue weighted by Crippen LogP contribution is 2.23. The predicted octanol–water partition coefficient (Wildman–Crippen LogP) is 0.611. The third-order valence-corrected chi connectivity index (χ3v) is 4.27. The minimum atomic E-state index is -0.297. The number of piperidine rings is 1. The average Bonchev–Trinajstić information content (AvgIpc) is 3.10. The molecule has 0 radical (unpaired) electrons. The number of aliphatic hydroxyl groups excluding tert-OH is 1. The minimum absolute atomic E-state index is 0.00166. The van der Waals surface area contributed by atoms with E-state index in [2.05, 4.69) is 0 Å². The molecule has 21 heavy (non-hydrogen) atoms. The molecule has 1 aromatic heterocycles. The Balaban J connectivity index is 1.57. The Morgan fingerprint density at radius 1 is 1.38 bits per heavy atom. The molecule has 2 aliphatic heterocycles. The molecule has 0 aromatic carbocycles. The van der Waals surface area contributed by atoms with Gasteiger partial charge in [-0.1, -0.05) is 0 Å². The number of rotatable bonds is 3. The van der Waals surface area contributed by atoms with Gasteiger partial charge in [0.2, 0.25) is 11.8 Å². The van der Waals surface area contributed by atoms with Gasteiger partial charge in [0.25, 0.3) is 0 Å². The maximum absolute atomic E-state index is 12.4. The molecule has 114 valence electrons. The third-order valence-electron chi connectivity index (χ3n) is 4.27. The summed E-state index contributed by atoms with van der Waals surface area (Å²) in [4.78, 5) is 27.9. The molecule has 6 heteroatoms. The zero-order valence-corrected chi connectivity index (χ0v) is 11.9. The van der Waals surface area contributed by atoms with Crippen molar-refractivity contribution in [1.82, 2.24) is 9.80 Å². The van der Waals surface area contributed by atoms with E-state index in [-0.39, 0.29) is 30.3 Å². The van der Waals surface area contributed by atoms with Crippen molar-refractivity contribution in [1.29, 1.82) is 0 Å². The molecule has 3 heterocycles. The Bertz CT molecular complexity index is 506. The van der Waals surface area contributed by atoms with Crippen LogP contribution in [-0.4, -0.2) is 52.5 Å². The van der Waals surface area contributed by atoms with Crippen LogP contribution >= 0.6 is 0 Å². The minimum Gasteiger partial charge on any atom is -0.467 e. The van der Waals surface area contributed by atoms with Crippen molar-refractivity contribution in [3.05, 3.63) is 24.2 Å². The molecule has 0 aliphatic carbocycles. The lowest BCUT2D eigenvalue weighted by atomic mass is 10.0. The van der Waals surface area contributed by atoms with Crippen LogP contribution in [0.25, 0.3) is 0 Å². The fourth-order valence-electron chi connectivity index (χ4n) is 3.03. The van der Waals surface area contributed by atoms with Gasteiger partial charge in [0.15, 0.2) is 0 Å². The number of carbonyl (C=O) groups excluding carboxylic acids is 2. The van der Waals surface area contributed by atoms with E-state index in [9.17, 15) is 14.7 Å². The summed E-state index contributed by atoms with van der Waals surface area (Å²) >= 11 is 0. The van der Waals surface area contributed by atoms with Crippen LogP contribution in [0.15, 0.2) is 22.8 Å². The van der Waals surface area contributed by atoms with Crippen LogP contribution in [0, 0.1) is 5.92 Å². The van der Waals surface area contributed by atoms with Gasteiger partial charge in [0.05, 0.1) is 24.8 Å². The van der Waals surface area contributed by atoms with Crippen molar-refractivity contribution in [2.24, 2.45) is 5.92 Å². The van der Waals surface area contributed by atoms with E-state index in [0.29, 0.717) is 39.0 Å². The number of aliphatic hydroxyl groups is 1. The number of nitrogens with zero attached hydrogens (tertiary/aromatic N) is 2. The molecular weight excluding hydrogens is 272 g/mol. The van der Waals surface area contributed by atoms with Crippen molar-refractivity contribution < 1.29 is 19.1 Å². The molecule has 0 saturated carbocycles. The molecule has 1 N–H and O–H groups in total. The van der Waals surface area contributed by atoms with Crippen LogP contribution in [-0.2, 0) is 16.1 Å². The van der Waals surface area contributed by atoms with Crippen molar-refractivity contribution in [3.63, 3.8) is 0 Å². The van der Waals surface area contributed by atoms with E-state index in [4.69, 9.17) is 4.42 Å². The van der Waals surface area contributed by atoms with Crippen LogP contribution in [0.1, 0.15) is 25.0 Å². The van der Waals surface area contributed by atoms with Crippen molar-refractivity contribution in [3.8, 4) is 0 Å². The lowest BCUT2D eigenvalue weighted by Crippen LogP contribution is -2.43. The Morgan fingerprint density at radius 3 is 2.81 bits per heavy atom.